The largest absolute Gasteiger partial charge is 0.496 e. The highest BCUT2D eigenvalue weighted by Gasteiger charge is 2.35. The third-order valence-corrected chi connectivity index (χ3v) is 5.22. The van der Waals surface area contributed by atoms with Crippen LogP contribution in [0.3, 0.4) is 0 Å². The van der Waals surface area contributed by atoms with Gasteiger partial charge in [-0.15, -0.1) is 0 Å². The van der Waals surface area contributed by atoms with Crippen molar-refractivity contribution in [1.82, 2.24) is 10.2 Å². The maximum atomic E-state index is 5.36. The number of rotatable bonds is 5. The Bertz CT molecular complexity index is 476. The van der Waals surface area contributed by atoms with Crippen LogP contribution in [0.4, 0.5) is 0 Å². The molecule has 2 bridgehead atoms. The highest BCUT2D eigenvalue weighted by Crippen LogP contribution is 2.30. The molecule has 0 spiro atoms. The minimum atomic E-state index is 0.746. The molecule has 0 radical (unpaired) electrons. The summed E-state index contributed by atoms with van der Waals surface area (Å²) in [7, 11) is 1.74. The van der Waals surface area contributed by atoms with E-state index >= 15 is 0 Å². The molecule has 0 aliphatic carbocycles. The Kier molecular flexibility index (Phi) is 4.51. The summed E-state index contributed by atoms with van der Waals surface area (Å²) < 4.78 is 5.36. The smallest absolute Gasteiger partial charge is 0.121 e. The van der Waals surface area contributed by atoms with Crippen molar-refractivity contribution >= 4 is 0 Å². The number of hydrogen-bond donors (Lipinski definition) is 1. The maximum Gasteiger partial charge on any atom is 0.121 e. The first kappa shape index (κ1) is 14.9. The standard InChI is InChI=1S/C18H28N2O/c1-4-20(17-10-15-6-7-16(11-17)19-15)12-14-5-8-18(21-3)13(2)9-14/h5,8-9,15-17,19H,4,6-7,10-12H2,1-3H3. The summed E-state index contributed by atoms with van der Waals surface area (Å²) in [5, 5.41) is 3.74. The van der Waals surface area contributed by atoms with E-state index in [0.717, 1.165) is 37.0 Å². The van der Waals surface area contributed by atoms with Crippen LogP contribution < -0.4 is 10.1 Å². The lowest BCUT2D eigenvalue weighted by Crippen LogP contribution is -2.47. The third kappa shape index (κ3) is 3.24. The van der Waals surface area contributed by atoms with Gasteiger partial charge in [-0.25, -0.2) is 0 Å². The van der Waals surface area contributed by atoms with Gasteiger partial charge in [0.05, 0.1) is 7.11 Å². The van der Waals surface area contributed by atoms with Gasteiger partial charge in [0.15, 0.2) is 0 Å². The molecule has 2 aliphatic heterocycles. The van der Waals surface area contributed by atoms with E-state index in [1.165, 1.54) is 36.8 Å². The lowest BCUT2D eigenvalue weighted by molar-refractivity contribution is 0.140. The molecule has 0 saturated carbocycles. The molecule has 2 heterocycles. The van der Waals surface area contributed by atoms with Crippen LogP contribution in [-0.4, -0.2) is 36.7 Å². The van der Waals surface area contributed by atoms with Gasteiger partial charge >= 0.3 is 0 Å². The zero-order valence-electron chi connectivity index (χ0n) is 13.6. The number of nitrogens with one attached hydrogen (secondary N) is 1. The zero-order chi connectivity index (χ0) is 14.8. The monoisotopic (exact) mass is 288 g/mol. The fourth-order valence-corrected chi connectivity index (χ4v) is 4.10. The Morgan fingerprint density at radius 1 is 1.24 bits per heavy atom. The first-order valence-corrected chi connectivity index (χ1v) is 8.33. The Labute approximate surface area is 128 Å². The number of ether oxygens (including phenoxy) is 1. The van der Waals surface area contributed by atoms with Gasteiger partial charge in [-0.2, -0.15) is 0 Å². The van der Waals surface area contributed by atoms with Crippen LogP contribution in [0.1, 0.15) is 43.7 Å². The molecule has 1 aromatic carbocycles. The summed E-state index contributed by atoms with van der Waals surface area (Å²) in [6.07, 6.45) is 5.39. The van der Waals surface area contributed by atoms with E-state index in [2.05, 4.69) is 42.3 Å². The van der Waals surface area contributed by atoms with Gasteiger partial charge in [0.1, 0.15) is 5.75 Å². The highest BCUT2D eigenvalue weighted by atomic mass is 16.5. The molecule has 3 rings (SSSR count). The van der Waals surface area contributed by atoms with Gasteiger partial charge in [0, 0.05) is 24.7 Å². The topological polar surface area (TPSA) is 24.5 Å². The van der Waals surface area contributed by atoms with E-state index in [-0.39, 0.29) is 0 Å². The molecule has 1 aromatic rings. The predicted octanol–water partition coefficient (Wildman–Crippen LogP) is 3.11. The number of benzene rings is 1. The molecule has 21 heavy (non-hydrogen) atoms. The van der Waals surface area contributed by atoms with E-state index in [0.29, 0.717) is 0 Å². The molecule has 0 amide bonds. The van der Waals surface area contributed by atoms with E-state index in [1.54, 1.807) is 7.11 Å². The molecule has 0 aromatic heterocycles. The van der Waals surface area contributed by atoms with Crippen molar-refractivity contribution < 1.29 is 4.74 Å². The van der Waals surface area contributed by atoms with E-state index < -0.39 is 0 Å². The van der Waals surface area contributed by atoms with Crippen LogP contribution in [-0.2, 0) is 6.54 Å². The predicted molar refractivity (Wildman–Crippen MR) is 86.8 cm³/mol. The van der Waals surface area contributed by atoms with Gasteiger partial charge < -0.3 is 10.1 Å². The molecular weight excluding hydrogens is 260 g/mol. The second kappa shape index (κ2) is 6.37. The summed E-state index contributed by atoms with van der Waals surface area (Å²) in [6, 6.07) is 8.86. The van der Waals surface area contributed by atoms with Crippen molar-refractivity contribution in [2.75, 3.05) is 13.7 Å². The zero-order valence-corrected chi connectivity index (χ0v) is 13.6. The minimum absolute atomic E-state index is 0.746. The molecular formula is C18H28N2O. The molecule has 3 nitrogen and oxygen atoms in total. The number of fused-ring (bicyclic) bond motifs is 2. The molecule has 3 heteroatoms. The normalized spacial score (nSPS) is 28.1. The molecule has 2 aliphatic rings. The first-order valence-electron chi connectivity index (χ1n) is 8.33. The van der Waals surface area contributed by atoms with E-state index in [1.807, 2.05) is 0 Å². The van der Waals surface area contributed by atoms with Gasteiger partial charge in [-0.3, -0.25) is 4.90 Å². The fourth-order valence-electron chi connectivity index (χ4n) is 4.10. The Morgan fingerprint density at radius 2 is 1.95 bits per heavy atom. The summed E-state index contributed by atoms with van der Waals surface area (Å²) >= 11 is 0. The average molecular weight is 288 g/mol. The Hall–Kier alpha value is -1.06. The summed E-state index contributed by atoms with van der Waals surface area (Å²) in [6.45, 7) is 6.62. The van der Waals surface area contributed by atoms with Gasteiger partial charge in [-0.1, -0.05) is 19.1 Å². The molecule has 2 unspecified atom stereocenters. The molecule has 1 N–H and O–H groups in total. The van der Waals surface area contributed by atoms with Gasteiger partial charge in [-0.05, 0) is 56.3 Å². The van der Waals surface area contributed by atoms with Crippen molar-refractivity contribution in [3.8, 4) is 5.75 Å². The van der Waals surface area contributed by atoms with Crippen molar-refractivity contribution in [2.24, 2.45) is 0 Å². The van der Waals surface area contributed by atoms with Gasteiger partial charge in [0.25, 0.3) is 0 Å². The minimum Gasteiger partial charge on any atom is -0.496 e. The van der Waals surface area contributed by atoms with Crippen LogP contribution >= 0.6 is 0 Å². The van der Waals surface area contributed by atoms with E-state index in [4.69, 9.17) is 4.74 Å². The van der Waals surface area contributed by atoms with Crippen LogP contribution in [0.2, 0.25) is 0 Å². The molecule has 2 atom stereocenters. The number of piperidine rings is 1. The van der Waals surface area contributed by atoms with Gasteiger partial charge in [0.2, 0.25) is 0 Å². The first-order chi connectivity index (χ1) is 10.2. The summed E-state index contributed by atoms with van der Waals surface area (Å²) in [4.78, 5) is 2.66. The Balaban J connectivity index is 1.68. The van der Waals surface area contributed by atoms with Crippen molar-refractivity contribution in [1.29, 1.82) is 0 Å². The number of aryl methyl sites for hydroxylation is 1. The maximum absolute atomic E-state index is 5.36. The molecule has 116 valence electrons. The van der Waals surface area contributed by atoms with Crippen molar-refractivity contribution in [3.05, 3.63) is 29.3 Å². The highest BCUT2D eigenvalue weighted by molar-refractivity contribution is 5.36. The molecule has 2 saturated heterocycles. The SMILES string of the molecule is CCN(Cc1ccc(OC)c(C)c1)C1CC2CCC(C1)N2. The third-order valence-electron chi connectivity index (χ3n) is 5.22. The summed E-state index contributed by atoms with van der Waals surface area (Å²) in [5.41, 5.74) is 2.64. The number of nitrogens with zero attached hydrogens (tertiary/aromatic N) is 1. The quantitative estimate of drug-likeness (QED) is 0.901. The van der Waals surface area contributed by atoms with Crippen LogP contribution in [0.25, 0.3) is 0 Å². The van der Waals surface area contributed by atoms with Crippen molar-refractivity contribution in [2.45, 2.75) is 64.2 Å². The summed E-state index contributed by atoms with van der Waals surface area (Å²) in [5.74, 6) is 0.988. The lowest BCUT2D eigenvalue weighted by atomic mass is 9.97. The number of methoxy groups -OCH3 is 1. The van der Waals surface area contributed by atoms with Crippen LogP contribution in [0.5, 0.6) is 5.75 Å². The number of hydrogen-bond acceptors (Lipinski definition) is 3. The fraction of sp³-hybridized carbons (Fsp3) is 0.667. The van der Waals surface area contributed by atoms with Crippen LogP contribution in [0, 0.1) is 6.92 Å². The lowest BCUT2D eigenvalue weighted by Gasteiger charge is -2.37. The van der Waals surface area contributed by atoms with E-state index in [9.17, 15) is 0 Å². The Morgan fingerprint density at radius 3 is 2.52 bits per heavy atom. The second-order valence-electron chi connectivity index (χ2n) is 6.63. The van der Waals surface area contributed by atoms with Crippen molar-refractivity contribution in [3.63, 3.8) is 0 Å². The molecule has 2 fully saturated rings. The van der Waals surface area contributed by atoms with Crippen LogP contribution in [0.15, 0.2) is 18.2 Å². The second-order valence-corrected chi connectivity index (χ2v) is 6.63. The average Bonchev–Trinajstić information content (AvgIpc) is 2.83.